The van der Waals surface area contributed by atoms with Gasteiger partial charge in [-0.05, 0) is 48.4 Å². The van der Waals surface area contributed by atoms with Crippen molar-refractivity contribution < 1.29 is 23.4 Å². The summed E-state index contributed by atoms with van der Waals surface area (Å²) in [6.45, 7) is -0.300. The highest BCUT2D eigenvalue weighted by Gasteiger charge is 2.25. The van der Waals surface area contributed by atoms with Gasteiger partial charge in [0.25, 0.3) is 0 Å². The molecule has 2 aromatic carbocycles. The van der Waals surface area contributed by atoms with Crippen LogP contribution in [-0.4, -0.2) is 41.7 Å². The van der Waals surface area contributed by atoms with Crippen molar-refractivity contribution in [3.05, 3.63) is 59.6 Å². The Morgan fingerprint density at radius 3 is 2.76 bits per heavy atom. The fourth-order valence-electron chi connectivity index (χ4n) is 3.96. The van der Waals surface area contributed by atoms with Crippen LogP contribution in [0.1, 0.15) is 13.3 Å². The van der Waals surface area contributed by atoms with Gasteiger partial charge in [0.05, 0.1) is 5.69 Å². The molecule has 1 aliphatic rings. The number of nitrogens with zero attached hydrogens (tertiary/aromatic N) is 2. The first-order valence-electron chi connectivity index (χ1n) is 10.4. The number of aromatic hydroxyl groups is 1. The number of ether oxygens (including phenoxy) is 1. The Kier molecular flexibility index (Phi) is 6.65. The number of carbonyl (C=O) groups is 1. The van der Waals surface area contributed by atoms with Crippen molar-refractivity contribution in [2.75, 3.05) is 18.0 Å². The molecule has 0 saturated carbocycles. The minimum atomic E-state index is -2.97. The minimum absolute atomic E-state index is 0.00957. The van der Waals surface area contributed by atoms with Gasteiger partial charge in [0, 0.05) is 42.2 Å². The van der Waals surface area contributed by atoms with Crippen LogP contribution in [0.4, 0.5) is 14.6 Å². The number of hydrogen-bond acceptors (Lipinski definition) is 5. The van der Waals surface area contributed by atoms with Crippen molar-refractivity contribution in [3.63, 3.8) is 0 Å². The molecule has 2 N–H and O–H groups in total. The molecule has 9 heteroatoms. The topological polar surface area (TPSA) is 74.7 Å². The van der Waals surface area contributed by atoms with Gasteiger partial charge in [-0.2, -0.15) is 8.78 Å². The molecule has 1 fully saturated rings. The summed E-state index contributed by atoms with van der Waals surface area (Å²) in [5.74, 6) is 0.501. The molecule has 0 bridgehead atoms. The summed E-state index contributed by atoms with van der Waals surface area (Å²) < 4.78 is 30.7. The number of halogens is 3. The van der Waals surface area contributed by atoms with Gasteiger partial charge in [0.2, 0.25) is 5.91 Å². The summed E-state index contributed by atoms with van der Waals surface area (Å²) in [5, 5.41) is 13.8. The van der Waals surface area contributed by atoms with Crippen molar-refractivity contribution in [1.82, 2.24) is 10.3 Å². The molecule has 0 aliphatic carbocycles. The van der Waals surface area contributed by atoms with Crippen LogP contribution in [0.25, 0.3) is 22.4 Å². The predicted molar refractivity (Wildman–Crippen MR) is 123 cm³/mol. The lowest BCUT2D eigenvalue weighted by Crippen LogP contribution is -2.35. The number of nitrogens with one attached hydrogen (secondary N) is 1. The van der Waals surface area contributed by atoms with E-state index in [1.807, 2.05) is 4.90 Å². The van der Waals surface area contributed by atoms with Gasteiger partial charge in [-0.3, -0.25) is 4.79 Å². The summed E-state index contributed by atoms with van der Waals surface area (Å²) >= 11 is 6.15. The lowest BCUT2D eigenvalue weighted by atomic mass is 10.0. The number of hydrogen-bond donors (Lipinski definition) is 2. The first-order valence-corrected chi connectivity index (χ1v) is 10.7. The molecule has 1 saturated heterocycles. The molecular weight excluding hydrogens is 452 g/mol. The average Bonchev–Trinajstić information content (AvgIpc) is 3.23. The van der Waals surface area contributed by atoms with E-state index in [0.29, 0.717) is 46.3 Å². The third-order valence-electron chi connectivity index (χ3n) is 5.38. The third kappa shape index (κ3) is 5.34. The molecule has 1 unspecified atom stereocenters. The summed E-state index contributed by atoms with van der Waals surface area (Å²) in [6.07, 6.45) is 0.744. The monoisotopic (exact) mass is 473 g/mol. The summed E-state index contributed by atoms with van der Waals surface area (Å²) in [6, 6.07) is 14.6. The van der Waals surface area contributed by atoms with E-state index < -0.39 is 6.61 Å². The Morgan fingerprint density at radius 1 is 1.21 bits per heavy atom. The molecule has 172 valence electrons. The van der Waals surface area contributed by atoms with E-state index in [-0.39, 0.29) is 23.4 Å². The van der Waals surface area contributed by atoms with E-state index in [1.165, 1.54) is 19.1 Å². The van der Waals surface area contributed by atoms with Crippen molar-refractivity contribution in [1.29, 1.82) is 0 Å². The quantitative estimate of drug-likeness (QED) is 0.521. The van der Waals surface area contributed by atoms with Crippen LogP contribution >= 0.6 is 11.6 Å². The Balaban J connectivity index is 1.82. The Hall–Kier alpha value is -3.39. The summed E-state index contributed by atoms with van der Waals surface area (Å²) in [4.78, 5) is 18.2. The largest absolute Gasteiger partial charge is 0.507 e. The second kappa shape index (κ2) is 9.62. The molecule has 1 atom stereocenters. The molecule has 1 aromatic heterocycles. The first kappa shape index (κ1) is 22.8. The van der Waals surface area contributed by atoms with Gasteiger partial charge >= 0.3 is 6.61 Å². The zero-order chi connectivity index (χ0) is 23.5. The number of anilines is 1. The molecule has 0 spiro atoms. The number of benzene rings is 2. The van der Waals surface area contributed by atoms with Gasteiger partial charge in [0.15, 0.2) is 0 Å². The lowest BCUT2D eigenvalue weighted by molar-refractivity contribution is -0.119. The zero-order valence-corrected chi connectivity index (χ0v) is 18.5. The number of aromatic nitrogens is 1. The van der Waals surface area contributed by atoms with Crippen LogP contribution in [-0.2, 0) is 4.79 Å². The number of alkyl halides is 2. The number of para-hydroxylation sites is 1. The Bertz CT molecular complexity index is 1180. The van der Waals surface area contributed by atoms with E-state index >= 15 is 0 Å². The molecule has 2 heterocycles. The summed E-state index contributed by atoms with van der Waals surface area (Å²) in [5.41, 5.74) is 1.89. The van der Waals surface area contributed by atoms with E-state index in [2.05, 4.69) is 5.32 Å². The van der Waals surface area contributed by atoms with Gasteiger partial charge in [-0.1, -0.05) is 29.8 Å². The highest BCUT2D eigenvalue weighted by molar-refractivity contribution is 6.31. The first-order chi connectivity index (χ1) is 15.8. The van der Waals surface area contributed by atoms with Gasteiger partial charge in [-0.25, -0.2) is 4.98 Å². The van der Waals surface area contributed by atoms with Crippen LogP contribution in [0.15, 0.2) is 54.6 Å². The maximum Gasteiger partial charge on any atom is 0.387 e. The molecule has 4 rings (SSSR count). The number of carbonyl (C=O) groups excluding carboxylic acids is 1. The molecule has 0 radical (unpaired) electrons. The summed E-state index contributed by atoms with van der Waals surface area (Å²) in [7, 11) is 0. The fourth-order valence-corrected chi connectivity index (χ4v) is 4.13. The molecule has 1 aliphatic heterocycles. The van der Waals surface area contributed by atoms with Crippen molar-refractivity contribution in [3.8, 4) is 33.9 Å². The van der Waals surface area contributed by atoms with Crippen LogP contribution in [0.2, 0.25) is 5.02 Å². The van der Waals surface area contributed by atoms with E-state index in [4.69, 9.17) is 21.3 Å². The normalized spacial score (nSPS) is 15.7. The second-order valence-electron chi connectivity index (χ2n) is 7.77. The molecule has 6 nitrogen and oxygen atoms in total. The van der Waals surface area contributed by atoms with Crippen LogP contribution in [0.3, 0.4) is 0 Å². The van der Waals surface area contributed by atoms with E-state index in [1.54, 1.807) is 42.5 Å². The number of rotatable bonds is 6. The molecule has 3 aromatic rings. The van der Waals surface area contributed by atoms with E-state index in [0.717, 1.165) is 6.42 Å². The maximum atomic E-state index is 13.0. The Morgan fingerprint density at radius 2 is 2.00 bits per heavy atom. The highest BCUT2D eigenvalue weighted by atomic mass is 35.5. The second-order valence-corrected chi connectivity index (χ2v) is 8.20. The SMILES string of the molecule is CC(=O)NC1CCN(c2cc(-c3ccccc3OC(F)F)cc(-c3cc(Cl)ccc3O)n2)C1. The standard InChI is InChI=1S/C24H22ClF2N3O3/c1-14(31)28-17-8-9-30(13-17)23-11-15(18-4-2-3-5-22(18)33-24(26)27)10-20(29-23)19-12-16(25)6-7-21(19)32/h2-7,10-12,17,24,32H,8-9,13H2,1H3,(H,28,31). The molecule has 1 amide bonds. The van der Waals surface area contributed by atoms with Crippen molar-refractivity contribution in [2.24, 2.45) is 0 Å². The number of pyridine rings is 1. The number of phenols is 1. The van der Waals surface area contributed by atoms with Crippen molar-refractivity contribution >= 4 is 23.3 Å². The maximum absolute atomic E-state index is 13.0. The predicted octanol–water partition coefficient (Wildman–Crippen LogP) is 5.09. The third-order valence-corrected chi connectivity index (χ3v) is 5.62. The van der Waals surface area contributed by atoms with Gasteiger partial charge < -0.3 is 20.1 Å². The average molecular weight is 474 g/mol. The number of phenolic OH excluding ortho intramolecular Hbond substituents is 1. The Labute approximate surface area is 194 Å². The van der Waals surface area contributed by atoms with Crippen molar-refractivity contribution in [2.45, 2.75) is 26.0 Å². The van der Waals surface area contributed by atoms with Crippen LogP contribution < -0.4 is 15.0 Å². The van der Waals surface area contributed by atoms with Gasteiger partial charge in [0.1, 0.15) is 17.3 Å². The number of amides is 1. The van der Waals surface area contributed by atoms with Crippen LogP contribution in [0.5, 0.6) is 11.5 Å². The lowest BCUT2D eigenvalue weighted by Gasteiger charge is -2.21. The molecule has 33 heavy (non-hydrogen) atoms. The smallest absolute Gasteiger partial charge is 0.387 e. The highest BCUT2D eigenvalue weighted by Crippen LogP contribution is 2.38. The van der Waals surface area contributed by atoms with Crippen LogP contribution in [0, 0.1) is 0 Å². The fraction of sp³-hybridized carbons (Fsp3) is 0.250. The van der Waals surface area contributed by atoms with E-state index in [9.17, 15) is 18.7 Å². The van der Waals surface area contributed by atoms with Gasteiger partial charge in [-0.15, -0.1) is 0 Å². The zero-order valence-electron chi connectivity index (χ0n) is 17.8. The minimum Gasteiger partial charge on any atom is -0.507 e. The molecular formula is C24H22ClF2N3O3.